The summed E-state index contributed by atoms with van der Waals surface area (Å²) >= 11 is 0. The Morgan fingerprint density at radius 3 is 2.60 bits per heavy atom. The minimum atomic E-state index is -0.0417. The number of nitrogens with two attached hydrogens (primary N) is 1. The van der Waals surface area contributed by atoms with Gasteiger partial charge in [0.25, 0.3) is 0 Å². The number of nitrogens with zero attached hydrogens (tertiary/aromatic N) is 1. The predicted octanol–water partition coefficient (Wildman–Crippen LogP) is 2.27. The van der Waals surface area contributed by atoms with Crippen molar-refractivity contribution in [2.75, 3.05) is 40.0 Å². The number of rotatable bonds is 8. The smallest absolute Gasteiger partial charge is 0.0670 e. The molecule has 0 aromatic rings. The highest BCUT2D eigenvalue weighted by Gasteiger charge is 2.45. The molecule has 2 unspecified atom stereocenters. The van der Waals surface area contributed by atoms with Crippen molar-refractivity contribution in [1.29, 1.82) is 0 Å². The Hall–Kier alpha value is -0.160. The fourth-order valence-corrected chi connectivity index (χ4v) is 3.29. The molecule has 0 aromatic carbocycles. The first-order valence-corrected chi connectivity index (χ1v) is 7.99. The Bertz CT molecular complexity index is 286. The Kier molecular flexibility index (Phi) is 6.92. The van der Waals surface area contributed by atoms with Crippen LogP contribution in [-0.4, -0.2) is 56.0 Å². The van der Waals surface area contributed by atoms with Crippen molar-refractivity contribution < 1.29 is 9.47 Å². The molecule has 1 aliphatic heterocycles. The van der Waals surface area contributed by atoms with Crippen molar-refractivity contribution in [3.05, 3.63) is 0 Å². The average Bonchev–Trinajstić information content (AvgIpc) is 2.43. The lowest BCUT2D eigenvalue weighted by atomic mass is 9.77. The van der Waals surface area contributed by atoms with Gasteiger partial charge in [-0.3, -0.25) is 4.90 Å². The summed E-state index contributed by atoms with van der Waals surface area (Å²) in [6, 6.07) is 0. The van der Waals surface area contributed by atoms with E-state index in [1.807, 2.05) is 0 Å². The summed E-state index contributed by atoms with van der Waals surface area (Å²) < 4.78 is 11.3. The highest BCUT2D eigenvalue weighted by molar-refractivity contribution is 5.00. The van der Waals surface area contributed by atoms with E-state index in [0.29, 0.717) is 12.5 Å². The summed E-state index contributed by atoms with van der Waals surface area (Å²) in [6.45, 7) is 13.2. The van der Waals surface area contributed by atoms with Crippen molar-refractivity contribution in [2.24, 2.45) is 11.7 Å². The van der Waals surface area contributed by atoms with Crippen LogP contribution in [-0.2, 0) is 9.47 Å². The van der Waals surface area contributed by atoms with Crippen LogP contribution in [0.1, 0.15) is 47.0 Å². The maximum atomic E-state index is 6.22. The van der Waals surface area contributed by atoms with E-state index in [1.54, 1.807) is 7.11 Å². The van der Waals surface area contributed by atoms with Gasteiger partial charge in [-0.05, 0) is 32.1 Å². The normalized spacial score (nSPS) is 31.2. The minimum Gasteiger partial charge on any atom is -0.383 e. The van der Waals surface area contributed by atoms with Gasteiger partial charge in [0.1, 0.15) is 0 Å². The van der Waals surface area contributed by atoms with E-state index in [2.05, 4.69) is 32.6 Å². The quantitative estimate of drug-likeness (QED) is 0.743. The lowest BCUT2D eigenvalue weighted by molar-refractivity contribution is -0.132. The first-order chi connectivity index (χ1) is 9.41. The second kappa shape index (κ2) is 7.74. The summed E-state index contributed by atoms with van der Waals surface area (Å²) in [5.41, 5.74) is 6.24. The molecule has 0 spiro atoms. The number of hydrogen-bond donors (Lipinski definition) is 1. The molecule has 4 nitrogen and oxygen atoms in total. The predicted molar refractivity (Wildman–Crippen MR) is 84.0 cm³/mol. The van der Waals surface area contributed by atoms with Gasteiger partial charge in [0, 0.05) is 38.9 Å². The number of ether oxygens (including phenoxy) is 2. The SMILES string of the molecule is CCC1(C)CC(CN)(N(CCOC)CC(C)C)CCO1. The standard InChI is InChI=1S/C16H34N2O2/c1-6-15(4)12-16(13-17,7-9-20-15)18(8-10-19-5)11-14(2)3/h14H,6-13,17H2,1-5H3. The van der Waals surface area contributed by atoms with E-state index in [9.17, 15) is 0 Å². The van der Waals surface area contributed by atoms with Crippen LogP contribution < -0.4 is 5.73 Å². The van der Waals surface area contributed by atoms with Gasteiger partial charge in [-0.1, -0.05) is 20.8 Å². The van der Waals surface area contributed by atoms with Crippen molar-refractivity contribution in [3.8, 4) is 0 Å². The van der Waals surface area contributed by atoms with Crippen molar-refractivity contribution in [1.82, 2.24) is 4.90 Å². The van der Waals surface area contributed by atoms with Crippen LogP contribution >= 0.6 is 0 Å². The van der Waals surface area contributed by atoms with Crippen LogP contribution in [0.2, 0.25) is 0 Å². The fourth-order valence-electron chi connectivity index (χ4n) is 3.29. The zero-order valence-corrected chi connectivity index (χ0v) is 14.1. The van der Waals surface area contributed by atoms with Gasteiger partial charge in [-0.25, -0.2) is 0 Å². The fraction of sp³-hybridized carbons (Fsp3) is 1.00. The second-order valence-corrected chi connectivity index (χ2v) is 6.84. The van der Waals surface area contributed by atoms with Gasteiger partial charge in [-0.15, -0.1) is 0 Å². The molecule has 4 heteroatoms. The molecule has 1 aliphatic rings. The number of methoxy groups -OCH3 is 1. The van der Waals surface area contributed by atoms with Crippen LogP contribution in [0.5, 0.6) is 0 Å². The van der Waals surface area contributed by atoms with Gasteiger partial charge in [0.2, 0.25) is 0 Å². The van der Waals surface area contributed by atoms with Crippen LogP contribution in [0.15, 0.2) is 0 Å². The minimum absolute atomic E-state index is 0.0417. The van der Waals surface area contributed by atoms with Crippen LogP contribution in [0, 0.1) is 5.92 Å². The summed E-state index contributed by atoms with van der Waals surface area (Å²) in [7, 11) is 1.77. The van der Waals surface area contributed by atoms with Gasteiger partial charge in [-0.2, -0.15) is 0 Å². The molecule has 1 fully saturated rings. The van der Waals surface area contributed by atoms with Crippen molar-refractivity contribution >= 4 is 0 Å². The summed E-state index contributed by atoms with van der Waals surface area (Å²) in [4.78, 5) is 2.55. The Balaban J connectivity index is 2.90. The maximum absolute atomic E-state index is 6.22. The molecule has 120 valence electrons. The molecule has 1 rings (SSSR count). The maximum Gasteiger partial charge on any atom is 0.0670 e. The third kappa shape index (κ3) is 4.42. The second-order valence-electron chi connectivity index (χ2n) is 6.84. The lowest BCUT2D eigenvalue weighted by Gasteiger charge is -2.52. The molecule has 0 saturated carbocycles. The highest BCUT2D eigenvalue weighted by Crippen LogP contribution is 2.38. The van der Waals surface area contributed by atoms with E-state index < -0.39 is 0 Å². The Labute approximate surface area is 125 Å². The molecule has 20 heavy (non-hydrogen) atoms. The van der Waals surface area contributed by atoms with Gasteiger partial charge < -0.3 is 15.2 Å². The van der Waals surface area contributed by atoms with E-state index in [1.165, 1.54) is 0 Å². The monoisotopic (exact) mass is 286 g/mol. The van der Waals surface area contributed by atoms with E-state index in [0.717, 1.165) is 45.6 Å². The molecule has 2 atom stereocenters. The van der Waals surface area contributed by atoms with E-state index in [-0.39, 0.29) is 11.1 Å². The molecule has 0 aromatic heterocycles. The third-order valence-corrected chi connectivity index (χ3v) is 4.67. The van der Waals surface area contributed by atoms with Gasteiger partial charge in [0.15, 0.2) is 0 Å². The van der Waals surface area contributed by atoms with E-state index >= 15 is 0 Å². The molecule has 1 saturated heterocycles. The summed E-state index contributed by atoms with van der Waals surface area (Å²) in [5.74, 6) is 0.631. The number of hydrogen-bond acceptors (Lipinski definition) is 4. The molecule has 0 bridgehead atoms. The molecular weight excluding hydrogens is 252 g/mol. The van der Waals surface area contributed by atoms with Crippen LogP contribution in [0.4, 0.5) is 0 Å². The first kappa shape index (κ1) is 17.9. The van der Waals surface area contributed by atoms with Gasteiger partial charge in [0.05, 0.1) is 12.2 Å². The third-order valence-electron chi connectivity index (χ3n) is 4.67. The molecule has 0 aliphatic carbocycles. The summed E-state index contributed by atoms with van der Waals surface area (Å²) in [5, 5.41) is 0. The van der Waals surface area contributed by atoms with Crippen molar-refractivity contribution in [2.45, 2.75) is 58.1 Å². The lowest BCUT2D eigenvalue weighted by Crippen LogP contribution is -2.62. The van der Waals surface area contributed by atoms with E-state index in [4.69, 9.17) is 15.2 Å². The first-order valence-electron chi connectivity index (χ1n) is 7.99. The molecule has 1 heterocycles. The van der Waals surface area contributed by atoms with Crippen LogP contribution in [0.3, 0.4) is 0 Å². The van der Waals surface area contributed by atoms with Crippen LogP contribution in [0.25, 0.3) is 0 Å². The zero-order chi connectivity index (χ0) is 15.2. The molecule has 0 radical (unpaired) electrons. The summed E-state index contributed by atoms with van der Waals surface area (Å²) in [6.07, 6.45) is 3.08. The van der Waals surface area contributed by atoms with Crippen molar-refractivity contribution in [3.63, 3.8) is 0 Å². The molecule has 2 N–H and O–H groups in total. The topological polar surface area (TPSA) is 47.7 Å². The highest BCUT2D eigenvalue weighted by atomic mass is 16.5. The average molecular weight is 286 g/mol. The molecule has 0 amide bonds. The molecular formula is C16H34N2O2. The zero-order valence-electron chi connectivity index (χ0n) is 14.1. The Morgan fingerprint density at radius 2 is 2.10 bits per heavy atom. The Morgan fingerprint density at radius 1 is 1.40 bits per heavy atom. The van der Waals surface area contributed by atoms with Gasteiger partial charge >= 0.3 is 0 Å². The largest absolute Gasteiger partial charge is 0.383 e.